The van der Waals surface area contributed by atoms with Crippen molar-refractivity contribution in [2.45, 2.75) is 40.8 Å². The lowest BCUT2D eigenvalue weighted by Gasteiger charge is -2.13. The van der Waals surface area contributed by atoms with Gasteiger partial charge in [0.15, 0.2) is 0 Å². The summed E-state index contributed by atoms with van der Waals surface area (Å²) < 4.78 is 7.40. The van der Waals surface area contributed by atoms with Crippen molar-refractivity contribution in [3.63, 3.8) is 0 Å². The maximum absolute atomic E-state index is 12.8. The predicted molar refractivity (Wildman–Crippen MR) is 98.8 cm³/mol. The largest absolute Gasteiger partial charge is 0.467 e. The summed E-state index contributed by atoms with van der Waals surface area (Å²) in [6.07, 6.45) is 1.61. The van der Waals surface area contributed by atoms with Crippen molar-refractivity contribution in [3.05, 3.63) is 82.1 Å². The Bertz CT molecular complexity index is 889. The first kappa shape index (κ1) is 17.1. The van der Waals surface area contributed by atoms with Crippen LogP contribution in [0.1, 0.15) is 44.2 Å². The second-order valence-corrected chi connectivity index (χ2v) is 6.52. The maximum Gasteiger partial charge on any atom is 0.268 e. The molecule has 0 aliphatic carbocycles. The van der Waals surface area contributed by atoms with Crippen LogP contribution in [0.5, 0.6) is 0 Å². The number of aromatic nitrogens is 1. The van der Waals surface area contributed by atoms with Crippen LogP contribution in [0.15, 0.2) is 47.1 Å². The lowest BCUT2D eigenvalue weighted by atomic mass is 10.1. The Morgan fingerprint density at radius 1 is 1.08 bits per heavy atom. The van der Waals surface area contributed by atoms with Gasteiger partial charge in [0.1, 0.15) is 11.5 Å². The molecule has 0 aliphatic rings. The third kappa shape index (κ3) is 3.53. The van der Waals surface area contributed by atoms with Gasteiger partial charge < -0.3 is 14.3 Å². The van der Waals surface area contributed by atoms with Crippen LogP contribution in [0.3, 0.4) is 0 Å². The highest BCUT2D eigenvalue weighted by Crippen LogP contribution is 2.23. The zero-order valence-electron chi connectivity index (χ0n) is 15.2. The molecule has 0 radical (unpaired) electrons. The minimum absolute atomic E-state index is 0.0715. The number of amides is 1. The van der Waals surface area contributed by atoms with Crippen LogP contribution in [0.25, 0.3) is 0 Å². The molecule has 2 aromatic heterocycles. The van der Waals surface area contributed by atoms with Gasteiger partial charge in [0, 0.05) is 12.2 Å². The van der Waals surface area contributed by atoms with Gasteiger partial charge in [-0.3, -0.25) is 4.79 Å². The molecule has 1 aromatic carbocycles. The van der Waals surface area contributed by atoms with Crippen LogP contribution >= 0.6 is 0 Å². The van der Waals surface area contributed by atoms with Gasteiger partial charge in [0.25, 0.3) is 5.91 Å². The molecule has 0 saturated heterocycles. The molecule has 0 unspecified atom stereocenters. The van der Waals surface area contributed by atoms with Gasteiger partial charge in [0.05, 0.1) is 12.8 Å². The lowest BCUT2D eigenvalue weighted by molar-refractivity contribution is 0.0938. The molecule has 4 nitrogen and oxygen atoms in total. The molecule has 0 aliphatic heterocycles. The fourth-order valence-corrected chi connectivity index (χ4v) is 3.17. The summed E-state index contributed by atoms with van der Waals surface area (Å²) in [5.41, 5.74) is 6.46. The molecule has 3 aromatic rings. The monoisotopic (exact) mass is 336 g/mol. The number of benzene rings is 1. The zero-order chi connectivity index (χ0) is 18.0. The van der Waals surface area contributed by atoms with E-state index in [9.17, 15) is 4.79 Å². The quantitative estimate of drug-likeness (QED) is 0.755. The van der Waals surface area contributed by atoms with E-state index in [0.717, 1.165) is 28.3 Å². The molecule has 4 heteroatoms. The Morgan fingerprint density at radius 2 is 1.88 bits per heavy atom. The summed E-state index contributed by atoms with van der Waals surface area (Å²) in [5, 5.41) is 2.97. The Kier molecular flexibility index (Phi) is 4.79. The van der Waals surface area contributed by atoms with Crippen molar-refractivity contribution >= 4 is 5.91 Å². The summed E-state index contributed by atoms with van der Waals surface area (Å²) in [6.45, 7) is 9.31. The Morgan fingerprint density at radius 3 is 2.56 bits per heavy atom. The number of nitrogens with zero attached hydrogens (tertiary/aromatic N) is 1. The van der Waals surface area contributed by atoms with Gasteiger partial charge in [-0.15, -0.1) is 0 Å². The molecule has 0 atom stereocenters. The third-order valence-electron chi connectivity index (χ3n) is 4.78. The molecule has 130 valence electrons. The number of rotatable bonds is 5. The average molecular weight is 336 g/mol. The number of nitrogens with one attached hydrogen (secondary N) is 1. The first-order chi connectivity index (χ1) is 12.0. The fraction of sp³-hybridized carbons (Fsp3) is 0.286. The predicted octanol–water partition coefficient (Wildman–Crippen LogP) is 4.29. The maximum atomic E-state index is 12.8. The molecule has 0 fully saturated rings. The number of carbonyl (C=O) groups excluding carboxylic acids is 1. The van der Waals surface area contributed by atoms with E-state index < -0.39 is 0 Å². The van der Waals surface area contributed by atoms with E-state index in [-0.39, 0.29) is 5.91 Å². The van der Waals surface area contributed by atoms with E-state index in [0.29, 0.717) is 13.1 Å². The first-order valence-electron chi connectivity index (χ1n) is 8.49. The van der Waals surface area contributed by atoms with Gasteiger partial charge in [-0.2, -0.15) is 0 Å². The van der Waals surface area contributed by atoms with Crippen molar-refractivity contribution < 1.29 is 9.21 Å². The van der Waals surface area contributed by atoms with Crippen LogP contribution in [0, 0.1) is 27.7 Å². The number of carbonyl (C=O) groups is 1. The van der Waals surface area contributed by atoms with Crippen molar-refractivity contribution in [1.29, 1.82) is 0 Å². The number of hydrogen-bond acceptors (Lipinski definition) is 2. The van der Waals surface area contributed by atoms with E-state index in [1.54, 1.807) is 6.26 Å². The van der Waals surface area contributed by atoms with E-state index in [2.05, 4.69) is 54.9 Å². The van der Waals surface area contributed by atoms with Crippen LogP contribution in [0.4, 0.5) is 0 Å². The standard InChI is InChI=1S/C21H24N2O2/c1-14-7-5-8-18(11-14)13-23-17(4)15(2)16(3)20(23)21(24)22-12-19-9-6-10-25-19/h5-11H,12-13H2,1-4H3,(H,22,24). The van der Waals surface area contributed by atoms with Gasteiger partial charge in [-0.05, 0) is 56.5 Å². The van der Waals surface area contributed by atoms with Gasteiger partial charge in [0.2, 0.25) is 0 Å². The molecule has 0 spiro atoms. The molecule has 0 bridgehead atoms. The van der Waals surface area contributed by atoms with Crippen LogP contribution in [-0.4, -0.2) is 10.5 Å². The average Bonchev–Trinajstić information content (AvgIpc) is 3.17. The summed E-state index contributed by atoms with van der Waals surface area (Å²) in [5.74, 6) is 0.675. The smallest absolute Gasteiger partial charge is 0.268 e. The second kappa shape index (κ2) is 7.01. The molecule has 2 heterocycles. The van der Waals surface area contributed by atoms with Crippen molar-refractivity contribution in [2.24, 2.45) is 0 Å². The highest BCUT2D eigenvalue weighted by atomic mass is 16.3. The minimum atomic E-state index is -0.0715. The zero-order valence-corrected chi connectivity index (χ0v) is 15.2. The van der Waals surface area contributed by atoms with E-state index >= 15 is 0 Å². The Balaban J connectivity index is 1.89. The van der Waals surface area contributed by atoms with Gasteiger partial charge >= 0.3 is 0 Å². The van der Waals surface area contributed by atoms with Gasteiger partial charge in [-0.25, -0.2) is 0 Å². The summed E-state index contributed by atoms with van der Waals surface area (Å²) in [4.78, 5) is 12.8. The van der Waals surface area contributed by atoms with E-state index in [4.69, 9.17) is 4.42 Å². The minimum Gasteiger partial charge on any atom is -0.467 e. The van der Waals surface area contributed by atoms with E-state index in [1.807, 2.05) is 19.1 Å². The normalized spacial score (nSPS) is 10.9. The lowest BCUT2D eigenvalue weighted by Crippen LogP contribution is -2.26. The number of aryl methyl sites for hydroxylation is 1. The van der Waals surface area contributed by atoms with Crippen molar-refractivity contribution in [3.8, 4) is 0 Å². The molecule has 1 N–H and O–H groups in total. The van der Waals surface area contributed by atoms with Crippen LogP contribution in [0.2, 0.25) is 0 Å². The third-order valence-corrected chi connectivity index (χ3v) is 4.78. The Labute approximate surface area is 148 Å². The molecule has 0 saturated carbocycles. The first-order valence-corrected chi connectivity index (χ1v) is 8.49. The topological polar surface area (TPSA) is 47.2 Å². The summed E-state index contributed by atoms with van der Waals surface area (Å²) >= 11 is 0. The van der Waals surface area contributed by atoms with Crippen molar-refractivity contribution in [2.75, 3.05) is 0 Å². The highest BCUT2D eigenvalue weighted by Gasteiger charge is 2.20. The SMILES string of the molecule is Cc1cccc(Cn2c(C)c(C)c(C)c2C(=O)NCc2ccco2)c1. The van der Waals surface area contributed by atoms with Crippen LogP contribution in [-0.2, 0) is 13.1 Å². The fourth-order valence-electron chi connectivity index (χ4n) is 3.17. The molecule has 1 amide bonds. The molecule has 3 rings (SSSR count). The summed E-state index contributed by atoms with van der Waals surface area (Å²) in [7, 11) is 0. The van der Waals surface area contributed by atoms with Crippen molar-refractivity contribution in [1.82, 2.24) is 9.88 Å². The number of hydrogen-bond donors (Lipinski definition) is 1. The van der Waals surface area contributed by atoms with Crippen LogP contribution < -0.4 is 5.32 Å². The second-order valence-electron chi connectivity index (χ2n) is 6.52. The highest BCUT2D eigenvalue weighted by molar-refractivity contribution is 5.94. The molecular formula is C21H24N2O2. The van der Waals surface area contributed by atoms with E-state index in [1.165, 1.54) is 11.1 Å². The number of furan rings is 1. The summed E-state index contributed by atoms with van der Waals surface area (Å²) in [6, 6.07) is 12.1. The van der Waals surface area contributed by atoms with Gasteiger partial charge in [-0.1, -0.05) is 29.8 Å². The molecular weight excluding hydrogens is 312 g/mol. The Hall–Kier alpha value is -2.75. The molecule has 25 heavy (non-hydrogen) atoms.